The maximum absolute atomic E-state index is 11.8. The Balaban J connectivity index is 0.000000569. The van der Waals surface area contributed by atoms with Gasteiger partial charge in [0, 0.05) is 20.0 Å². The highest BCUT2D eigenvalue weighted by Crippen LogP contribution is 2.16. The summed E-state index contributed by atoms with van der Waals surface area (Å²) < 4.78 is 72.3. The summed E-state index contributed by atoms with van der Waals surface area (Å²) >= 11 is 0. The van der Waals surface area contributed by atoms with E-state index in [2.05, 4.69) is 4.74 Å². The lowest BCUT2D eigenvalue weighted by Crippen LogP contribution is -2.36. The lowest BCUT2D eigenvalue weighted by atomic mass is 10.1. The van der Waals surface area contributed by atoms with Gasteiger partial charge in [-0.15, -0.1) is 0 Å². The number of carboxylic acid groups (broad SMARTS) is 2. The summed E-state index contributed by atoms with van der Waals surface area (Å²) in [6.07, 6.45) is -10.0. The number of hydrogen-bond acceptors (Lipinski definition) is 7. The number of carbonyl (C=O) groups is 5. The molecule has 2 aromatic carbocycles. The topological polar surface area (TPSA) is 173 Å². The molecular weight excluding hydrogens is 534 g/mol. The van der Waals surface area contributed by atoms with Gasteiger partial charge in [-0.3, -0.25) is 9.59 Å². The van der Waals surface area contributed by atoms with E-state index in [1.165, 1.54) is 24.3 Å². The second-order valence-electron chi connectivity index (χ2n) is 6.77. The molecule has 10 nitrogen and oxygen atoms in total. The Hall–Kier alpha value is -4.47. The molecular formula is C22H20F6N2O8. The van der Waals surface area contributed by atoms with Gasteiger partial charge in [-0.05, 0) is 35.4 Å². The van der Waals surface area contributed by atoms with Crippen molar-refractivity contribution in [3.63, 3.8) is 0 Å². The number of aromatic carboxylic acids is 2. The Morgan fingerprint density at radius 2 is 1.16 bits per heavy atom. The number of carbonyl (C=O) groups excluding carboxylic acids is 3. The second-order valence-corrected chi connectivity index (χ2v) is 6.77. The van der Waals surface area contributed by atoms with E-state index in [1.807, 2.05) is 0 Å². The minimum absolute atomic E-state index is 0.0240. The van der Waals surface area contributed by atoms with Crippen molar-refractivity contribution in [3.05, 3.63) is 70.8 Å². The molecule has 0 fully saturated rings. The van der Waals surface area contributed by atoms with Crippen LogP contribution in [0.5, 0.6) is 0 Å². The van der Waals surface area contributed by atoms with Gasteiger partial charge in [-0.25, -0.2) is 14.4 Å². The van der Waals surface area contributed by atoms with Crippen LogP contribution in [-0.2, 0) is 32.2 Å². The van der Waals surface area contributed by atoms with Crippen molar-refractivity contribution >= 4 is 29.8 Å². The Morgan fingerprint density at radius 1 is 0.763 bits per heavy atom. The summed E-state index contributed by atoms with van der Waals surface area (Å²) in [4.78, 5) is 50.8. The van der Waals surface area contributed by atoms with Crippen LogP contribution in [0.25, 0.3) is 0 Å². The number of amides is 1. The third kappa shape index (κ3) is 13.6. The van der Waals surface area contributed by atoms with E-state index in [9.17, 15) is 50.3 Å². The fraction of sp³-hybridized carbons (Fsp3) is 0.227. The molecule has 0 unspecified atom stereocenters. The molecule has 2 rings (SSSR count). The average Bonchev–Trinajstić information content (AvgIpc) is 2.82. The van der Waals surface area contributed by atoms with Crippen LogP contribution in [0.2, 0.25) is 0 Å². The molecule has 2 aromatic rings. The molecule has 38 heavy (non-hydrogen) atoms. The number of rotatable bonds is 5. The maximum atomic E-state index is 11.8. The van der Waals surface area contributed by atoms with Crippen LogP contribution in [0, 0.1) is 0 Å². The Bertz CT molecular complexity index is 1110. The lowest BCUT2D eigenvalue weighted by Gasteiger charge is -2.07. The van der Waals surface area contributed by atoms with E-state index in [0.29, 0.717) is 24.6 Å². The number of ether oxygens (including phenoxy) is 1. The smallest absolute Gasteiger partial charge is 0.478 e. The summed E-state index contributed by atoms with van der Waals surface area (Å²) in [5.41, 5.74) is 6.97. The molecule has 0 aliphatic rings. The third-order valence-electron chi connectivity index (χ3n) is 3.82. The minimum Gasteiger partial charge on any atom is -0.478 e. The number of esters is 2. The molecule has 0 atom stereocenters. The Labute approximate surface area is 210 Å². The highest BCUT2D eigenvalue weighted by Gasteiger charge is 2.41. The molecule has 0 saturated carbocycles. The van der Waals surface area contributed by atoms with Crippen molar-refractivity contribution in [1.82, 2.24) is 5.32 Å². The van der Waals surface area contributed by atoms with Gasteiger partial charge in [0.05, 0.1) is 11.1 Å². The maximum Gasteiger partial charge on any atom is 0.491 e. The van der Waals surface area contributed by atoms with Crippen LogP contribution in [0.4, 0.5) is 26.3 Å². The van der Waals surface area contributed by atoms with Gasteiger partial charge < -0.3 is 26.0 Å². The van der Waals surface area contributed by atoms with E-state index in [-0.39, 0.29) is 12.1 Å². The van der Waals surface area contributed by atoms with E-state index < -0.39 is 42.1 Å². The molecule has 0 heterocycles. The normalized spacial score (nSPS) is 10.5. The van der Waals surface area contributed by atoms with E-state index in [1.54, 1.807) is 29.6 Å². The summed E-state index contributed by atoms with van der Waals surface area (Å²) in [5.74, 6) is -7.83. The number of alkyl halides is 6. The monoisotopic (exact) mass is 554 g/mol. The highest BCUT2D eigenvalue weighted by molar-refractivity contribution is 5.88. The number of hydrogen-bond donors (Lipinski definition) is 4. The quantitative estimate of drug-likeness (QED) is 0.246. The van der Waals surface area contributed by atoms with Crippen LogP contribution in [0.1, 0.15) is 38.8 Å². The molecule has 208 valence electrons. The first-order valence-electron chi connectivity index (χ1n) is 9.87. The zero-order valence-corrected chi connectivity index (χ0v) is 19.2. The zero-order valence-electron chi connectivity index (χ0n) is 19.2. The predicted octanol–water partition coefficient (Wildman–Crippen LogP) is 3.05. The average molecular weight is 554 g/mol. The molecule has 0 spiro atoms. The standard InChI is InChI=1S/C10H8F3NO3.C8H9NO2.C4H3F3O3/c11-10(12,13)9(17)14-5-6-1-3-7(4-2-6)8(15)16;9-5-6-1-3-7(4-2-6)8(10)11;1-2(8)10-3(9)4(5,6)7/h1-4H,5H2,(H,14,17)(H,15,16);1-4H,5,9H2,(H,10,11);1H3. The summed E-state index contributed by atoms with van der Waals surface area (Å²) in [7, 11) is 0. The molecule has 1 amide bonds. The van der Waals surface area contributed by atoms with Gasteiger partial charge in [0.2, 0.25) is 0 Å². The molecule has 0 saturated heterocycles. The number of benzene rings is 2. The second kappa shape index (κ2) is 14.9. The highest BCUT2D eigenvalue weighted by atomic mass is 19.4. The molecule has 0 radical (unpaired) electrons. The molecule has 5 N–H and O–H groups in total. The van der Waals surface area contributed by atoms with Gasteiger partial charge in [0.25, 0.3) is 0 Å². The lowest BCUT2D eigenvalue weighted by molar-refractivity contribution is -0.201. The molecule has 0 aliphatic carbocycles. The van der Waals surface area contributed by atoms with Crippen molar-refractivity contribution < 1.29 is 65.3 Å². The van der Waals surface area contributed by atoms with Gasteiger partial charge >= 0.3 is 42.1 Å². The Morgan fingerprint density at radius 3 is 1.42 bits per heavy atom. The van der Waals surface area contributed by atoms with Crippen molar-refractivity contribution in [1.29, 1.82) is 0 Å². The molecule has 0 aliphatic heterocycles. The minimum atomic E-state index is -5.09. The third-order valence-corrected chi connectivity index (χ3v) is 3.82. The van der Waals surface area contributed by atoms with Crippen LogP contribution in [-0.4, -0.2) is 52.4 Å². The van der Waals surface area contributed by atoms with Crippen LogP contribution < -0.4 is 11.1 Å². The first-order chi connectivity index (χ1) is 17.4. The van der Waals surface area contributed by atoms with Crippen molar-refractivity contribution in [3.8, 4) is 0 Å². The number of carboxylic acids is 2. The van der Waals surface area contributed by atoms with Gasteiger partial charge in [0.15, 0.2) is 0 Å². The summed E-state index contributed by atoms with van der Waals surface area (Å²) in [6.45, 7) is 0.849. The van der Waals surface area contributed by atoms with Crippen molar-refractivity contribution in [2.45, 2.75) is 32.4 Å². The van der Waals surface area contributed by atoms with Crippen molar-refractivity contribution in [2.24, 2.45) is 5.73 Å². The molecule has 0 bridgehead atoms. The van der Waals surface area contributed by atoms with Crippen molar-refractivity contribution in [2.75, 3.05) is 0 Å². The van der Waals surface area contributed by atoms with Crippen LogP contribution in [0.3, 0.4) is 0 Å². The fourth-order valence-corrected chi connectivity index (χ4v) is 2.02. The van der Waals surface area contributed by atoms with E-state index in [4.69, 9.17) is 15.9 Å². The van der Waals surface area contributed by atoms with Gasteiger partial charge in [-0.1, -0.05) is 24.3 Å². The number of nitrogens with two attached hydrogens (primary N) is 1. The number of nitrogens with one attached hydrogen (secondary N) is 1. The van der Waals surface area contributed by atoms with Gasteiger partial charge in [0.1, 0.15) is 0 Å². The zero-order chi connectivity index (χ0) is 29.7. The predicted molar refractivity (Wildman–Crippen MR) is 115 cm³/mol. The molecule has 16 heteroatoms. The summed E-state index contributed by atoms with van der Waals surface area (Å²) in [6, 6.07) is 11.7. The van der Waals surface area contributed by atoms with Gasteiger partial charge in [-0.2, -0.15) is 26.3 Å². The van der Waals surface area contributed by atoms with Crippen LogP contribution >= 0.6 is 0 Å². The largest absolute Gasteiger partial charge is 0.491 e. The first-order valence-corrected chi connectivity index (χ1v) is 9.87. The first kappa shape index (κ1) is 33.5. The van der Waals surface area contributed by atoms with E-state index in [0.717, 1.165) is 5.56 Å². The molecule has 0 aromatic heterocycles. The summed E-state index contributed by atoms with van der Waals surface area (Å²) in [5, 5.41) is 18.8. The number of halogens is 6. The Kier molecular flexibility index (Phi) is 13.2. The van der Waals surface area contributed by atoms with Crippen LogP contribution in [0.15, 0.2) is 48.5 Å². The fourth-order valence-electron chi connectivity index (χ4n) is 2.02. The SMILES string of the molecule is CC(=O)OC(=O)C(F)(F)F.NCc1ccc(C(=O)O)cc1.O=C(O)c1ccc(CNC(=O)C(F)(F)F)cc1. The van der Waals surface area contributed by atoms with E-state index >= 15 is 0 Å².